The summed E-state index contributed by atoms with van der Waals surface area (Å²) in [5, 5.41) is 11.4. The van der Waals surface area contributed by atoms with E-state index in [0.29, 0.717) is 5.69 Å². The van der Waals surface area contributed by atoms with Crippen LogP contribution in [0, 0.1) is 11.3 Å². The molecule has 0 unspecified atom stereocenters. The first-order valence-corrected chi connectivity index (χ1v) is 6.91. The lowest BCUT2D eigenvalue weighted by Gasteiger charge is -2.09. The van der Waals surface area contributed by atoms with Gasteiger partial charge in [0.05, 0.1) is 5.69 Å². The average Bonchev–Trinajstić information content (AvgIpc) is 2.46. The van der Waals surface area contributed by atoms with Gasteiger partial charge in [-0.3, -0.25) is 0 Å². The standard InChI is InChI=1S/C15H10BrN5/c16-12-6-9(5-8-3-1-2-4-10(8)12)13-11(7-17)14(18)21-15(19)20-13/h1-6H,(H4,18,19,20,21). The molecule has 0 fully saturated rings. The van der Waals surface area contributed by atoms with Gasteiger partial charge in [-0.1, -0.05) is 40.2 Å². The van der Waals surface area contributed by atoms with Crippen LogP contribution in [-0.4, -0.2) is 9.97 Å². The lowest BCUT2D eigenvalue weighted by Crippen LogP contribution is -2.05. The van der Waals surface area contributed by atoms with Crippen LogP contribution in [0.15, 0.2) is 40.9 Å². The Hall–Kier alpha value is -2.65. The van der Waals surface area contributed by atoms with Crippen molar-refractivity contribution in [1.82, 2.24) is 9.97 Å². The summed E-state index contributed by atoms with van der Waals surface area (Å²) < 4.78 is 0.912. The molecule has 0 amide bonds. The third-order valence-electron chi connectivity index (χ3n) is 3.15. The highest BCUT2D eigenvalue weighted by atomic mass is 79.9. The van der Waals surface area contributed by atoms with E-state index in [9.17, 15) is 5.26 Å². The van der Waals surface area contributed by atoms with E-state index in [1.807, 2.05) is 42.5 Å². The van der Waals surface area contributed by atoms with Crippen molar-refractivity contribution < 1.29 is 0 Å². The Bertz CT molecular complexity index is 898. The van der Waals surface area contributed by atoms with Gasteiger partial charge >= 0.3 is 0 Å². The molecule has 21 heavy (non-hydrogen) atoms. The minimum Gasteiger partial charge on any atom is -0.382 e. The number of nitrogens with zero attached hydrogens (tertiary/aromatic N) is 3. The van der Waals surface area contributed by atoms with Crippen LogP contribution < -0.4 is 11.5 Å². The predicted octanol–water partition coefficient (Wildman–Crippen LogP) is 3.10. The first-order valence-electron chi connectivity index (χ1n) is 6.12. The highest BCUT2D eigenvalue weighted by Gasteiger charge is 2.14. The molecule has 102 valence electrons. The van der Waals surface area contributed by atoms with Gasteiger partial charge in [0.15, 0.2) is 0 Å². The molecule has 0 aliphatic carbocycles. The number of halogens is 1. The monoisotopic (exact) mass is 339 g/mol. The molecule has 6 heteroatoms. The van der Waals surface area contributed by atoms with E-state index >= 15 is 0 Å². The maximum atomic E-state index is 9.27. The highest BCUT2D eigenvalue weighted by molar-refractivity contribution is 9.10. The summed E-state index contributed by atoms with van der Waals surface area (Å²) in [5.74, 6) is 0.134. The topological polar surface area (TPSA) is 102 Å². The summed E-state index contributed by atoms with van der Waals surface area (Å²) in [6.07, 6.45) is 0. The molecule has 1 heterocycles. The Balaban J connectivity index is 2.34. The number of fused-ring (bicyclic) bond motifs is 1. The second kappa shape index (κ2) is 5.04. The van der Waals surface area contributed by atoms with Crippen molar-refractivity contribution in [3.63, 3.8) is 0 Å². The maximum absolute atomic E-state index is 9.27. The number of nitrogen functional groups attached to an aromatic ring is 2. The quantitative estimate of drug-likeness (QED) is 0.709. The molecule has 5 nitrogen and oxygen atoms in total. The van der Waals surface area contributed by atoms with Crippen molar-refractivity contribution in [2.45, 2.75) is 0 Å². The van der Waals surface area contributed by atoms with E-state index in [-0.39, 0.29) is 17.3 Å². The fraction of sp³-hybridized carbons (Fsp3) is 0. The first-order chi connectivity index (χ1) is 10.1. The molecule has 2 aromatic carbocycles. The summed E-state index contributed by atoms with van der Waals surface area (Å²) in [7, 11) is 0. The van der Waals surface area contributed by atoms with E-state index < -0.39 is 0 Å². The van der Waals surface area contributed by atoms with Crippen LogP contribution in [0.5, 0.6) is 0 Å². The van der Waals surface area contributed by atoms with Crippen molar-refractivity contribution in [3.05, 3.63) is 46.4 Å². The van der Waals surface area contributed by atoms with Crippen LogP contribution in [0.1, 0.15) is 5.56 Å². The van der Waals surface area contributed by atoms with E-state index in [1.165, 1.54) is 0 Å². The average molecular weight is 340 g/mol. The van der Waals surface area contributed by atoms with Crippen LogP contribution in [0.3, 0.4) is 0 Å². The number of nitrogens with two attached hydrogens (primary N) is 2. The van der Waals surface area contributed by atoms with Gasteiger partial charge in [0.25, 0.3) is 0 Å². The molecule has 4 N–H and O–H groups in total. The number of hydrogen-bond donors (Lipinski definition) is 2. The summed E-state index contributed by atoms with van der Waals surface area (Å²) in [5.41, 5.74) is 12.8. The molecule has 0 saturated heterocycles. The second-order valence-corrected chi connectivity index (χ2v) is 5.34. The Morgan fingerprint density at radius 1 is 1.10 bits per heavy atom. The van der Waals surface area contributed by atoms with Gasteiger partial charge in [0.2, 0.25) is 5.95 Å². The minimum absolute atomic E-state index is 0.0470. The minimum atomic E-state index is 0.0470. The van der Waals surface area contributed by atoms with Gasteiger partial charge in [-0.25, -0.2) is 4.98 Å². The van der Waals surface area contributed by atoms with E-state index in [4.69, 9.17) is 11.5 Å². The zero-order chi connectivity index (χ0) is 15.0. The first kappa shape index (κ1) is 13.3. The molecule has 0 aliphatic heterocycles. The molecule has 0 spiro atoms. The molecule has 0 bridgehead atoms. The number of hydrogen-bond acceptors (Lipinski definition) is 5. The van der Waals surface area contributed by atoms with Gasteiger partial charge in [0.1, 0.15) is 17.5 Å². The lowest BCUT2D eigenvalue weighted by atomic mass is 10.0. The van der Waals surface area contributed by atoms with Crippen molar-refractivity contribution >= 4 is 38.5 Å². The molecule has 3 aromatic rings. The SMILES string of the molecule is N#Cc1c(N)nc(N)nc1-c1cc(Br)c2ccccc2c1. The largest absolute Gasteiger partial charge is 0.382 e. The summed E-state index contributed by atoms with van der Waals surface area (Å²) in [4.78, 5) is 7.99. The molecule has 1 aromatic heterocycles. The van der Waals surface area contributed by atoms with Gasteiger partial charge < -0.3 is 11.5 Å². The van der Waals surface area contributed by atoms with Crippen molar-refractivity contribution in [2.75, 3.05) is 11.5 Å². The van der Waals surface area contributed by atoms with Crippen LogP contribution in [0.2, 0.25) is 0 Å². The van der Waals surface area contributed by atoms with Crippen LogP contribution in [0.25, 0.3) is 22.0 Å². The molecule has 0 atom stereocenters. The van der Waals surface area contributed by atoms with Gasteiger partial charge in [-0.2, -0.15) is 10.2 Å². The van der Waals surface area contributed by atoms with Crippen LogP contribution in [0.4, 0.5) is 11.8 Å². The second-order valence-electron chi connectivity index (χ2n) is 4.48. The number of anilines is 2. The zero-order valence-corrected chi connectivity index (χ0v) is 12.4. The Kier molecular flexibility index (Phi) is 3.20. The highest BCUT2D eigenvalue weighted by Crippen LogP contribution is 2.32. The van der Waals surface area contributed by atoms with Crippen molar-refractivity contribution in [3.8, 4) is 17.3 Å². The number of benzene rings is 2. The predicted molar refractivity (Wildman–Crippen MR) is 86.2 cm³/mol. The van der Waals surface area contributed by atoms with Crippen molar-refractivity contribution in [2.24, 2.45) is 0 Å². The fourth-order valence-corrected chi connectivity index (χ4v) is 2.82. The molecular weight excluding hydrogens is 330 g/mol. The normalized spacial score (nSPS) is 10.5. The van der Waals surface area contributed by atoms with Gasteiger partial charge in [-0.15, -0.1) is 0 Å². The summed E-state index contributed by atoms with van der Waals surface area (Å²) in [6.45, 7) is 0. The summed E-state index contributed by atoms with van der Waals surface area (Å²) in [6, 6.07) is 13.8. The summed E-state index contributed by atoms with van der Waals surface area (Å²) >= 11 is 3.54. The van der Waals surface area contributed by atoms with Gasteiger partial charge in [-0.05, 0) is 22.9 Å². The Labute approximate surface area is 129 Å². The maximum Gasteiger partial charge on any atom is 0.222 e. The fourth-order valence-electron chi connectivity index (χ4n) is 2.22. The molecular formula is C15H10BrN5. The van der Waals surface area contributed by atoms with E-state index in [2.05, 4.69) is 25.9 Å². The third kappa shape index (κ3) is 2.28. The molecule has 3 rings (SSSR count). The molecule has 0 saturated carbocycles. The third-order valence-corrected chi connectivity index (χ3v) is 3.81. The lowest BCUT2D eigenvalue weighted by molar-refractivity contribution is 1.18. The number of nitriles is 1. The number of aromatic nitrogens is 2. The molecule has 0 aliphatic rings. The molecule has 0 radical (unpaired) electrons. The van der Waals surface area contributed by atoms with Crippen LogP contribution >= 0.6 is 15.9 Å². The Morgan fingerprint density at radius 3 is 2.62 bits per heavy atom. The van der Waals surface area contributed by atoms with E-state index in [0.717, 1.165) is 20.8 Å². The van der Waals surface area contributed by atoms with Gasteiger partial charge in [0, 0.05) is 10.0 Å². The van der Waals surface area contributed by atoms with Crippen LogP contribution in [-0.2, 0) is 0 Å². The Morgan fingerprint density at radius 2 is 1.86 bits per heavy atom. The van der Waals surface area contributed by atoms with Crippen molar-refractivity contribution in [1.29, 1.82) is 5.26 Å². The van der Waals surface area contributed by atoms with E-state index in [1.54, 1.807) is 0 Å². The smallest absolute Gasteiger partial charge is 0.222 e. The zero-order valence-electron chi connectivity index (χ0n) is 10.8. The number of rotatable bonds is 1.